The molecule has 0 heterocycles. The predicted molar refractivity (Wildman–Crippen MR) is 142 cm³/mol. The van der Waals surface area contributed by atoms with Gasteiger partial charge in [0.1, 0.15) is 12.7 Å². The number of hydrogen-bond acceptors (Lipinski definition) is 5. The maximum absolute atomic E-state index is 11.6. The second-order valence-electron chi connectivity index (χ2n) is 9.23. The van der Waals surface area contributed by atoms with Gasteiger partial charge in [-0.1, -0.05) is 102 Å². The zero-order valence-electron chi connectivity index (χ0n) is 22.0. The highest BCUT2D eigenvalue weighted by molar-refractivity contribution is 7.46. The number of hydrogen-bond donors (Lipinski definition) is 3. The highest BCUT2D eigenvalue weighted by Gasteiger charge is 2.17. The first-order chi connectivity index (χ1) is 16.8. The highest BCUT2D eigenvalue weighted by Crippen LogP contribution is 2.35. The Kier molecular flexibility index (Phi) is 24.0. The van der Waals surface area contributed by atoms with Crippen molar-refractivity contribution in [2.75, 3.05) is 13.2 Å². The van der Waals surface area contributed by atoms with E-state index in [2.05, 4.69) is 35.8 Å². The van der Waals surface area contributed by atoms with Crippen molar-refractivity contribution in [1.82, 2.24) is 0 Å². The van der Waals surface area contributed by atoms with Crippen LogP contribution in [0.25, 0.3) is 0 Å². The molecule has 0 saturated carbocycles. The van der Waals surface area contributed by atoms with Crippen LogP contribution in [0.5, 0.6) is 0 Å². The van der Waals surface area contributed by atoms with Gasteiger partial charge < -0.3 is 19.6 Å². The molecule has 0 aliphatic heterocycles. The summed E-state index contributed by atoms with van der Waals surface area (Å²) in [5, 5.41) is 9.46. The molecule has 1 unspecified atom stereocenters. The van der Waals surface area contributed by atoms with Crippen LogP contribution in [0.4, 0.5) is 0 Å². The summed E-state index contributed by atoms with van der Waals surface area (Å²) in [6.45, 7) is 1.35. The number of phosphoric acid groups is 1. The van der Waals surface area contributed by atoms with E-state index in [4.69, 9.17) is 14.5 Å². The molecule has 0 aliphatic carbocycles. The van der Waals surface area contributed by atoms with Gasteiger partial charge in [-0.2, -0.15) is 0 Å². The second kappa shape index (κ2) is 24.7. The molecule has 0 aromatic heterocycles. The number of rotatable bonds is 25. The fourth-order valence-electron chi connectivity index (χ4n) is 3.63. The van der Waals surface area contributed by atoms with Gasteiger partial charge in [0, 0.05) is 6.42 Å². The summed E-state index contributed by atoms with van der Waals surface area (Å²) < 4.78 is 19.6. The van der Waals surface area contributed by atoms with Gasteiger partial charge in [-0.15, -0.1) is 0 Å². The van der Waals surface area contributed by atoms with Gasteiger partial charge in [0.15, 0.2) is 0 Å². The van der Waals surface area contributed by atoms with Crippen LogP contribution in [0.15, 0.2) is 24.3 Å². The van der Waals surface area contributed by atoms with Gasteiger partial charge in [-0.05, 0) is 38.5 Å². The van der Waals surface area contributed by atoms with Gasteiger partial charge in [-0.3, -0.25) is 9.32 Å². The molecule has 8 heteroatoms. The molecule has 0 spiro atoms. The van der Waals surface area contributed by atoms with Crippen LogP contribution in [0.2, 0.25) is 0 Å². The maximum atomic E-state index is 11.6. The zero-order chi connectivity index (χ0) is 26.0. The van der Waals surface area contributed by atoms with Crippen LogP contribution in [0.1, 0.15) is 122 Å². The average molecular weight is 519 g/mol. The van der Waals surface area contributed by atoms with E-state index in [0.717, 1.165) is 25.7 Å². The third-order valence-corrected chi connectivity index (χ3v) is 6.19. The van der Waals surface area contributed by atoms with E-state index in [9.17, 15) is 14.5 Å². The lowest BCUT2D eigenvalue weighted by Crippen LogP contribution is -2.23. The normalized spacial score (nSPS) is 13.1. The van der Waals surface area contributed by atoms with Crippen molar-refractivity contribution in [1.29, 1.82) is 0 Å². The van der Waals surface area contributed by atoms with Gasteiger partial charge in [0.25, 0.3) is 0 Å². The summed E-state index contributed by atoms with van der Waals surface area (Å²) in [5.74, 6) is -0.414. The summed E-state index contributed by atoms with van der Waals surface area (Å²) in [4.78, 5) is 28.7. The minimum absolute atomic E-state index is 0.286. The van der Waals surface area contributed by atoms with Crippen LogP contribution in [0, 0.1) is 0 Å². The number of ether oxygens (including phenoxy) is 1. The molecule has 206 valence electrons. The van der Waals surface area contributed by atoms with E-state index in [1.807, 2.05) is 0 Å². The Morgan fingerprint density at radius 2 is 1.23 bits per heavy atom. The van der Waals surface area contributed by atoms with Crippen molar-refractivity contribution >= 4 is 13.8 Å². The third-order valence-electron chi connectivity index (χ3n) is 5.70. The van der Waals surface area contributed by atoms with Crippen molar-refractivity contribution < 1.29 is 33.5 Å². The number of carbonyl (C=O) groups excluding carboxylic acids is 1. The summed E-state index contributed by atoms with van der Waals surface area (Å²) >= 11 is 0. The molecule has 0 aliphatic rings. The number of aliphatic hydroxyl groups is 1. The fraction of sp³-hybridized carbons (Fsp3) is 0.815. The van der Waals surface area contributed by atoms with Crippen LogP contribution < -0.4 is 0 Å². The first kappa shape index (κ1) is 34.0. The quantitative estimate of drug-likeness (QED) is 0.0509. The minimum Gasteiger partial charge on any atom is -0.463 e. The molecule has 0 bridgehead atoms. The van der Waals surface area contributed by atoms with E-state index in [1.54, 1.807) is 0 Å². The van der Waals surface area contributed by atoms with E-state index in [-0.39, 0.29) is 13.0 Å². The summed E-state index contributed by atoms with van der Waals surface area (Å²) in [6.07, 6.45) is 28.8. The number of carbonyl (C=O) groups is 1. The lowest BCUT2D eigenvalue weighted by Gasteiger charge is -2.12. The maximum Gasteiger partial charge on any atom is 0.469 e. The van der Waals surface area contributed by atoms with Gasteiger partial charge in [-0.25, -0.2) is 4.57 Å². The molecular weight excluding hydrogens is 467 g/mol. The Bertz CT molecular complexity index is 586. The third kappa shape index (κ3) is 29.1. The lowest BCUT2D eigenvalue weighted by atomic mass is 10.1. The Balaban J connectivity index is 3.34. The molecule has 0 radical (unpaired) electrons. The molecular formula is C27H51O7P. The lowest BCUT2D eigenvalue weighted by molar-refractivity contribution is -0.147. The first-order valence-electron chi connectivity index (χ1n) is 13.7. The van der Waals surface area contributed by atoms with Crippen LogP contribution in [-0.4, -0.2) is 40.2 Å². The second-order valence-corrected chi connectivity index (χ2v) is 10.5. The molecule has 3 N–H and O–H groups in total. The number of allylic oxidation sites excluding steroid dienone is 4. The van der Waals surface area contributed by atoms with Crippen molar-refractivity contribution in [3.8, 4) is 0 Å². The van der Waals surface area contributed by atoms with E-state index in [1.165, 1.54) is 83.5 Å². The van der Waals surface area contributed by atoms with Crippen molar-refractivity contribution in [3.05, 3.63) is 24.3 Å². The van der Waals surface area contributed by atoms with Gasteiger partial charge >= 0.3 is 13.8 Å². The smallest absolute Gasteiger partial charge is 0.463 e. The molecule has 0 amide bonds. The molecule has 0 fully saturated rings. The van der Waals surface area contributed by atoms with Crippen molar-refractivity contribution in [2.45, 2.75) is 129 Å². The number of esters is 1. The average Bonchev–Trinajstić information content (AvgIpc) is 2.82. The standard InChI is InChI=1S/C27H51O7P/c1-2-3-4-5-6-7-8-9-10-11-12-13-14-15-16-17-18-19-20-21-22-23-27(29)33-24-26(28)25-34-35(30,31)32/h8-9,11-12,26,28H,2-7,10,13-25H2,1H3,(H2,30,31,32)/b9-8-,12-11-. The monoisotopic (exact) mass is 518 g/mol. The fourth-order valence-corrected chi connectivity index (χ4v) is 4.00. The number of phosphoric ester groups is 1. The van der Waals surface area contributed by atoms with Gasteiger partial charge in [0.2, 0.25) is 0 Å². The molecule has 0 rings (SSSR count). The highest BCUT2D eigenvalue weighted by atomic mass is 31.2. The Hall–Kier alpha value is -0.980. The molecule has 7 nitrogen and oxygen atoms in total. The van der Waals surface area contributed by atoms with E-state index >= 15 is 0 Å². The predicted octanol–water partition coefficient (Wildman–Crippen LogP) is 7.15. The Morgan fingerprint density at radius 3 is 1.74 bits per heavy atom. The molecule has 0 aromatic rings. The van der Waals surface area contributed by atoms with E-state index < -0.39 is 26.5 Å². The molecule has 0 aromatic carbocycles. The first-order valence-corrected chi connectivity index (χ1v) is 15.2. The summed E-state index contributed by atoms with van der Waals surface area (Å²) in [5.41, 5.74) is 0. The Labute approximate surface area is 213 Å². The number of aliphatic hydroxyl groups excluding tert-OH is 1. The minimum atomic E-state index is -4.62. The molecule has 35 heavy (non-hydrogen) atoms. The van der Waals surface area contributed by atoms with Crippen LogP contribution in [0.3, 0.4) is 0 Å². The van der Waals surface area contributed by atoms with Crippen molar-refractivity contribution in [3.63, 3.8) is 0 Å². The molecule has 0 saturated heterocycles. The number of unbranched alkanes of at least 4 members (excludes halogenated alkanes) is 14. The van der Waals surface area contributed by atoms with Gasteiger partial charge in [0.05, 0.1) is 6.61 Å². The summed E-state index contributed by atoms with van der Waals surface area (Å²) in [6, 6.07) is 0. The SMILES string of the molecule is CCCCCCC/C=C\C/C=C\CCCCCCCCCCCC(=O)OCC(O)COP(=O)(O)O. The summed E-state index contributed by atoms with van der Waals surface area (Å²) in [7, 11) is -4.62. The van der Waals surface area contributed by atoms with Crippen LogP contribution in [-0.2, 0) is 18.6 Å². The molecule has 1 atom stereocenters. The topological polar surface area (TPSA) is 113 Å². The zero-order valence-corrected chi connectivity index (χ0v) is 22.8. The Morgan fingerprint density at radius 1 is 0.743 bits per heavy atom. The van der Waals surface area contributed by atoms with E-state index in [0.29, 0.717) is 0 Å². The largest absolute Gasteiger partial charge is 0.469 e. The van der Waals surface area contributed by atoms with Crippen LogP contribution >= 0.6 is 7.82 Å². The van der Waals surface area contributed by atoms with Crippen molar-refractivity contribution in [2.24, 2.45) is 0 Å².